The van der Waals surface area contributed by atoms with Crippen molar-refractivity contribution in [3.63, 3.8) is 0 Å². The van der Waals surface area contributed by atoms with Crippen LogP contribution in [0.1, 0.15) is 30.0 Å². The molecule has 25 heavy (non-hydrogen) atoms. The van der Waals surface area contributed by atoms with Crippen molar-refractivity contribution in [3.8, 4) is 0 Å². The fourth-order valence-electron chi connectivity index (χ4n) is 3.07. The van der Waals surface area contributed by atoms with Crippen LogP contribution in [0.2, 0.25) is 0 Å². The third-order valence-corrected chi connectivity index (χ3v) is 4.38. The van der Waals surface area contributed by atoms with Crippen molar-refractivity contribution in [1.82, 2.24) is 14.9 Å². The van der Waals surface area contributed by atoms with Gasteiger partial charge in [0.25, 0.3) is 5.56 Å². The number of benzene rings is 1. The number of anilines is 1. The average molecular weight is 348 g/mol. The van der Waals surface area contributed by atoms with Gasteiger partial charge >= 0.3 is 0 Å². The van der Waals surface area contributed by atoms with E-state index in [1.165, 1.54) is 18.2 Å². The lowest BCUT2D eigenvalue weighted by Gasteiger charge is -2.16. The monoisotopic (exact) mass is 348 g/mol. The number of aromatic nitrogens is 2. The average Bonchev–Trinajstić information content (AvgIpc) is 3.05. The smallest absolute Gasteiger partial charge is 0.252 e. The number of nitrogens with two attached hydrogens (primary N) is 1. The zero-order valence-electron chi connectivity index (χ0n) is 13.5. The summed E-state index contributed by atoms with van der Waals surface area (Å²) in [6, 6.07) is 5.33. The number of H-pyrrole nitrogens is 1. The normalized spacial score (nSPS) is 17.0. The third kappa shape index (κ3) is 3.84. The van der Waals surface area contributed by atoms with Gasteiger partial charge in [-0.05, 0) is 24.5 Å². The van der Waals surface area contributed by atoms with E-state index >= 15 is 0 Å². The van der Waals surface area contributed by atoms with Crippen LogP contribution in [-0.2, 0) is 11.2 Å². The summed E-state index contributed by atoms with van der Waals surface area (Å²) in [5.41, 5.74) is 5.97. The van der Waals surface area contributed by atoms with Gasteiger partial charge in [-0.3, -0.25) is 14.6 Å². The van der Waals surface area contributed by atoms with Crippen LogP contribution in [0, 0.1) is 11.6 Å². The molecule has 0 saturated carbocycles. The van der Waals surface area contributed by atoms with E-state index in [0.717, 1.165) is 6.07 Å². The molecular weight excluding hydrogens is 330 g/mol. The lowest BCUT2D eigenvalue weighted by molar-refractivity contribution is -0.130. The Labute approximate surface area is 142 Å². The SMILES string of the molecule is Nc1nc(C2CCN(C(=O)CCc3cccc(F)c3F)C2)cc(=O)[nH]1. The minimum Gasteiger partial charge on any atom is -0.369 e. The van der Waals surface area contributed by atoms with E-state index in [-0.39, 0.29) is 41.7 Å². The summed E-state index contributed by atoms with van der Waals surface area (Å²) < 4.78 is 26.8. The Hall–Kier alpha value is -2.77. The van der Waals surface area contributed by atoms with E-state index in [9.17, 15) is 18.4 Å². The number of carbonyl (C=O) groups excluding carboxylic acids is 1. The van der Waals surface area contributed by atoms with Gasteiger partial charge in [0.15, 0.2) is 11.6 Å². The largest absolute Gasteiger partial charge is 0.369 e. The number of hydrogen-bond donors (Lipinski definition) is 2. The van der Waals surface area contributed by atoms with E-state index in [4.69, 9.17) is 5.73 Å². The standard InChI is InChI=1S/C17H18F2N4O2/c18-12-3-1-2-10(16(12)19)4-5-15(25)23-7-6-11(9-23)13-8-14(24)22-17(20)21-13/h1-3,8,11H,4-7,9H2,(H3,20,21,22,24). The molecule has 8 heteroatoms. The van der Waals surface area contributed by atoms with Crippen LogP contribution in [-0.4, -0.2) is 33.9 Å². The Morgan fingerprint density at radius 1 is 1.40 bits per heavy atom. The quantitative estimate of drug-likeness (QED) is 0.877. The van der Waals surface area contributed by atoms with Crippen LogP contribution >= 0.6 is 0 Å². The third-order valence-electron chi connectivity index (χ3n) is 4.38. The van der Waals surface area contributed by atoms with Gasteiger partial charge in [0.05, 0.1) is 5.69 Å². The first kappa shape index (κ1) is 17.1. The molecule has 1 saturated heterocycles. The molecule has 1 aliphatic rings. The second-order valence-corrected chi connectivity index (χ2v) is 6.09. The molecule has 132 valence electrons. The highest BCUT2D eigenvalue weighted by Gasteiger charge is 2.28. The fourth-order valence-corrected chi connectivity index (χ4v) is 3.07. The Morgan fingerprint density at radius 2 is 2.20 bits per heavy atom. The molecule has 0 aliphatic carbocycles. The van der Waals surface area contributed by atoms with E-state index < -0.39 is 11.6 Å². The van der Waals surface area contributed by atoms with Gasteiger partial charge in [-0.25, -0.2) is 13.8 Å². The maximum absolute atomic E-state index is 13.6. The van der Waals surface area contributed by atoms with Gasteiger partial charge in [-0.1, -0.05) is 12.1 Å². The number of nitrogens with one attached hydrogen (secondary N) is 1. The molecule has 1 atom stereocenters. The molecule has 1 aromatic carbocycles. The van der Waals surface area contributed by atoms with Crippen molar-refractivity contribution < 1.29 is 13.6 Å². The highest BCUT2D eigenvalue weighted by molar-refractivity contribution is 5.76. The molecule has 1 aliphatic heterocycles. The van der Waals surface area contributed by atoms with Gasteiger partial charge in [0.2, 0.25) is 11.9 Å². The number of nitrogen functional groups attached to an aromatic ring is 1. The number of nitrogens with zero attached hydrogens (tertiary/aromatic N) is 2. The van der Waals surface area contributed by atoms with E-state index in [1.54, 1.807) is 4.90 Å². The molecule has 6 nitrogen and oxygen atoms in total. The number of rotatable bonds is 4. The highest BCUT2D eigenvalue weighted by atomic mass is 19.2. The molecular formula is C17H18F2N4O2. The number of aryl methyl sites for hydroxylation is 1. The summed E-state index contributed by atoms with van der Waals surface area (Å²) in [4.78, 5) is 32.0. The molecule has 1 amide bonds. The van der Waals surface area contributed by atoms with E-state index in [1.807, 2.05) is 0 Å². The second-order valence-electron chi connectivity index (χ2n) is 6.09. The lowest BCUT2D eigenvalue weighted by Crippen LogP contribution is -2.29. The summed E-state index contributed by atoms with van der Waals surface area (Å²) in [6.07, 6.45) is 0.911. The summed E-state index contributed by atoms with van der Waals surface area (Å²) in [7, 11) is 0. The molecule has 0 spiro atoms. The Morgan fingerprint density at radius 3 is 2.96 bits per heavy atom. The Bertz CT molecular complexity index is 853. The molecule has 0 bridgehead atoms. The topological polar surface area (TPSA) is 92.1 Å². The van der Waals surface area contributed by atoms with Gasteiger partial charge in [0.1, 0.15) is 0 Å². The molecule has 3 rings (SSSR count). The zero-order valence-corrected chi connectivity index (χ0v) is 13.5. The minimum atomic E-state index is -0.913. The van der Waals surface area contributed by atoms with Gasteiger partial charge in [-0.2, -0.15) is 0 Å². The lowest BCUT2D eigenvalue weighted by atomic mass is 10.0. The molecule has 0 radical (unpaired) electrons. The van der Waals surface area contributed by atoms with E-state index in [0.29, 0.717) is 25.2 Å². The van der Waals surface area contributed by atoms with Gasteiger partial charge in [-0.15, -0.1) is 0 Å². The van der Waals surface area contributed by atoms with Gasteiger partial charge in [0, 0.05) is 31.5 Å². The minimum absolute atomic E-state index is 0.0499. The molecule has 3 N–H and O–H groups in total. The highest BCUT2D eigenvalue weighted by Crippen LogP contribution is 2.26. The Kier molecular flexibility index (Phi) is 4.78. The summed E-state index contributed by atoms with van der Waals surface area (Å²) in [6.45, 7) is 0.962. The first-order valence-electron chi connectivity index (χ1n) is 8.01. The predicted octanol–water partition coefficient (Wildman–Crippen LogP) is 1.58. The van der Waals surface area contributed by atoms with Crippen LogP contribution < -0.4 is 11.3 Å². The van der Waals surface area contributed by atoms with Crippen molar-refractivity contribution in [2.45, 2.75) is 25.2 Å². The zero-order chi connectivity index (χ0) is 18.0. The summed E-state index contributed by atoms with van der Waals surface area (Å²) in [5.74, 6) is -1.96. The number of likely N-dealkylation sites (tertiary alicyclic amines) is 1. The fraction of sp³-hybridized carbons (Fsp3) is 0.353. The van der Waals surface area contributed by atoms with Crippen molar-refractivity contribution in [2.24, 2.45) is 0 Å². The molecule has 1 unspecified atom stereocenters. The first-order chi connectivity index (χ1) is 11.9. The number of aromatic amines is 1. The van der Waals surface area contributed by atoms with E-state index in [2.05, 4.69) is 9.97 Å². The van der Waals surface area contributed by atoms with Crippen molar-refractivity contribution in [3.05, 3.63) is 57.5 Å². The van der Waals surface area contributed by atoms with Crippen LogP contribution in [0.3, 0.4) is 0 Å². The number of carbonyl (C=O) groups is 1. The number of hydrogen-bond acceptors (Lipinski definition) is 4. The first-order valence-corrected chi connectivity index (χ1v) is 8.01. The number of amides is 1. The number of halogens is 2. The van der Waals surface area contributed by atoms with Crippen LogP contribution in [0.5, 0.6) is 0 Å². The summed E-state index contributed by atoms with van der Waals surface area (Å²) in [5, 5.41) is 0. The molecule has 2 aromatic rings. The maximum atomic E-state index is 13.6. The van der Waals surface area contributed by atoms with Crippen LogP contribution in [0.25, 0.3) is 0 Å². The second kappa shape index (κ2) is 7.00. The van der Waals surface area contributed by atoms with Gasteiger partial charge < -0.3 is 10.6 Å². The van der Waals surface area contributed by atoms with Crippen molar-refractivity contribution in [1.29, 1.82) is 0 Å². The predicted molar refractivity (Wildman–Crippen MR) is 87.9 cm³/mol. The van der Waals surface area contributed by atoms with Crippen LogP contribution in [0.4, 0.5) is 14.7 Å². The van der Waals surface area contributed by atoms with Crippen molar-refractivity contribution in [2.75, 3.05) is 18.8 Å². The summed E-state index contributed by atoms with van der Waals surface area (Å²) >= 11 is 0. The Balaban J connectivity index is 1.61. The van der Waals surface area contributed by atoms with Crippen LogP contribution in [0.15, 0.2) is 29.1 Å². The van der Waals surface area contributed by atoms with Crippen molar-refractivity contribution >= 4 is 11.9 Å². The molecule has 1 fully saturated rings. The molecule has 1 aromatic heterocycles. The molecule has 2 heterocycles. The maximum Gasteiger partial charge on any atom is 0.252 e.